The van der Waals surface area contributed by atoms with Gasteiger partial charge in [-0.3, -0.25) is 4.79 Å². The summed E-state index contributed by atoms with van der Waals surface area (Å²) in [5.74, 6) is 6.39. The number of carbonyl (C=O) groups excluding carboxylic acids is 1. The van der Waals surface area contributed by atoms with E-state index in [9.17, 15) is 4.79 Å². The van der Waals surface area contributed by atoms with E-state index in [2.05, 4.69) is 31.0 Å². The molecule has 0 unspecified atom stereocenters. The molecule has 21 heavy (non-hydrogen) atoms. The summed E-state index contributed by atoms with van der Waals surface area (Å²) in [5, 5.41) is 3.81. The Morgan fingerprint density at radius 3 is 2.86 bits per heavy atom. The van der Waals surface area contributed by atoms with E-state index in [-0.39, 0.29) is 5.91 Å². The van der Waals surface area contributed by atoms with Gasteiger partial charge in [0.15, 0.2) is 0 Å². The number of allylic oxidation sites excluding steroid dienone is 1. The highest BCUT2D eigenvalue weighted by Gasteiger charge is 2.00. The van der Waals surface area contributed by atoms with Crippen LogP contribution in [0.3, 0.4) is 0 Å². The van der Waals surface area contributed by atoms with Crippen molar-refractivity contribution in [2.75, 3.05) is 6.54 Å². The molecule has 1 aromatic rings. The standard InChI is InChI=1S/C17H19Cl2NO/c1-13(2)12-20-16(21)11-6-4-3-5-8-14-9-7-10-15(18)17(14)19/h6-7,9-11,13H,3-4,12H2,1-2H3,(H,20,21)/b11-6+. The fourth-order valence-electron chi connectivity index (χ4n) is 1.47. The lowest BCUT2D eigenvalue weighted by Crippen LogP contribution is -2.25. The lowest BCUT2D eigenvalue weighted by Gasteiger charge is -2.03. The molecule has 0 heterocycles. The highest BCUT2D eigenvalue weighted by atomic mass is 35.5. The quantitative estimate of drug-likeness (QED) is 0.484. The summed E-state index contributed by atoms with van der Waals surface area (Å²) < 4.78 is 0. The minimum absolute atomic E-state index is 0.0606. The van der Waals surface area contributed by atoms with Crippen molar-refractivity contribution >= 4 is 29.1 Å². The van der Waals surface area contributed by atoms with Gasteiger partial charge >= 0.3 is 0 Å². The number of unbranched alkanes of at least 4 members (excludes halogenated alkanes) is 1. The van der Waals surface area contributed by atoms with E-state index in [4.69, 9.17) is 23.2 Å². The number of benzene rings is 1. The molecule has 1 amide bonds. The van der Waals surface area contributed by atoms with E-state index in [1.165, 1.54) is 0 Å². The summed E-state index contributed by atoms with van der Waals surface area (Å²) in [6.07, 6.45) is 4.76. The first-order chi connectivity index (χ1) is 10.0. The first-order valence-corrected chi connectivity index (χ1v) is 7.63. The Kier molecular flexibility index (Phi) is 7.97. The van der Waals surface area contributed by atoms with E-state index >= 15 is 0 Å². The third kappa shape index (κ3) is 7.22. The average Bonchev–Trinajstić information content (AvgIpc) is 2.44. The third-order valence-corrected chi connectivity index (χ3v) is 3.38. The van der Waals surface area contributed by atoms with Crippen molar-refractivity contribution in [3.05, 3.63) is 46.0 Å². The molecule has 1 rings (SSSR count). The molecular weight excluding hydrogens is 305 g/mol. The minimum atomic E-state index is -0.0606. The molecule has 1 aromatic carbocycles. The van der Waals surface area contributed by atoms with Crippen molar-refractivity contribution in [3.63, 3.8) is 0 Å². The van der Waals surface area contributed by atoms with Gasteiger partial charge in [0.25, 0.3) is 0 Å². The van der Waals surface area contributed by atoms with Crippen LogP contribution in [-0.4, -0.2) is 12.5 Å². The Morgan fingerprint density at radius 2 is 2.14 bits per heavy atom. The van der Waals surface area contributed by atoms with E-state index in [1.807, 2.05) is 18.2 Å². The molecular formula is C17H19Cl2NO. The number of amides is 1. The lowest BCUT2D eigenvalue weighted by atomic mass is 10.2. The van der Waals surface area contributed by atoms with E-state index in [1.54, 1.807) is 12.1 Å². The molecule has 4 heteroatoms. The van der Waals surface area contributed by atoms with Crippen LogP contribution in [0.1, 0.15) is 32.3 Å². The number of carbonyl (C=O) groups is 1. The van der Waals surface area contributed by atoms with Gasteiger partial charge in [0.05, 0.1) is 10.0 Å². The summed E-state index contributed by atoms with van der Waals surface area (Å²) in [4.78, 5) is 11.4. The fraction of sp³-hybridized carbons (Fsp3) is 0.353. The molecule has 0 aliphatic carbocycles. The van der Waals surface area contributed by atoms with Gasteiger partial charge in [-0.05, 0) is 30.5 Å². The minimum Gasteiger partial charge on any atom is -0.352 e. The van der Waals surface area contributed by atoms with Crippen molar-refractivity contribution in [3.8, 4) is 11.8 Å². The summed E-state index contributed by atoms with van der Waals surface area (Å²) in [7, 11) is 0. The molecule has 0 aliphatic rings. The predicted molar refractivity (Wildman–Crippen MR) is 89.6 cm³/mol. The highest BCUT2D eigenvalue weighted by Crippen LogP contribution is 2.24. The van der Waals surface area contributed by atoms with Gasteiger partial charge in [0.2, 0.25) is 5.91 Å². The monoisotopic (exact) mass is 323 g/mol. The molecule has 0 bridgehead atoms. The van der Waals surface area contributed by atoms with Crippen molar-refractivity contribution in [1.29, 1.82) is 0 Å². The largest absolute Gasteiger partial charge is 0.352 e. The second-order valence-corrected chi connectivity index (χ2v) is 5.77. The lowest BCUT2D eigenvalue weighted by molar-refractivity contribution is -0.116. The number of hydrogen-bond donors (Lipinski definition) is 1. The van der Waals surface area contributed by atoms with Crippen molar-refractivity contribution in [1.82, 2.24) is 5.32 Å². The van der Waals surface area contributed by atoms with Gasteiger partial charge in [0, 0.05) is 18.5 Å². The third-order valence-electron chi connectivity index (χ3n) is 2.56. The maximum atomic E-state index is 11.4. The SMILES string of the molecule is CC(C)CNC(=O)/C=C/CCC#Cc1cccc(Cl)c1Cl. The van der Waals surface area contributed by atoms with Gasteiger partial charge in [-0.2, -0.15) is 0 Å². The van der Waals surface area contributed by atoms with Gasteiger partial charge in [0.1, 0.15) is 0 Å². The van der Waals surface area contributed by atoms with Crippen LogP contribution in [0, 0.1) is 17.8 Å². The molecule has 1 N–H and O–H groups in total. The Labute approximate surface area is 136 Å². The van der Waals surface area contributed by atoms with Gasteiger partial charge < -0.3 is 5.32 Å². The first kappa shape index (κ1) is 17.6. The average molecular weight is 324 g/mol. The normalized spacial score (nSPS) is 10.5. The summed E-state index contributed by atoms with van der Waals surface area (Å²) in [6, 6.07) is 5.38. The van der Waals surface area contributed by atoms with Crippen LogP contribution >= 0.6 is 23.2 Å². The van der Waals surface area contributed by atoms with Crippen LogP contribution < -0.4 is 5.32 Å². The maximum absolute atomic E-state index is 11.4. The van der Waals surface area contributed by atoms with Gasteiger partial charge in [-0.25, -0.2) is 0 Å². The molecule has 2 nitrogen and oxygen atoms in total. The summed E-state index contributed by atoms with van der Waals surface area (Å²) in [6.45, 7) is 4.80. The van der Waals surface area contributed by atoms with Crippen LogP contribution in [0.15, 0.2) is 30.4 Å². The Bertz CT molecular complexity index is 568. The van der Waals surface area contributed by atoms with Crippen molar-refractivity contribution in [2.45, 2.75) is 26.7 Å². The van der Waals surface area contributed by atoms with Crippen LogP contribution in [0.2, 0.25) is 10.0 Å². The van der Waals surface area contributed by atoms with Gasteiger partial charge in [-0.1, -0.05) is 61.0 Å². The molecule has 0 saturated carbocycles. The van der Waals surface area contributed by atoms with E-state index in [0.29, 0.717) is 28.9 Å². The fourth-order valence-corrected chi connectivity index (χ4v) is 1.82. The molecule has 112 valence electrons. The van der Waals surface area contributed by atoms with Crippen LogP contribution in [-0.2, 0) is 4.79 Å². The Morgan fingerprint density at radius 1 is 1.38 bits per heavy atom. The maximum Gasteiger partial charge on any atom is 0.243 e. The smallest absolute Gasteiger partial charge is 0.243 e. The Balaban J connectivity index is 2.36. The second-order valence-electron chi connectivity index (χ2n) is 4.98. The predicted octanol–water partition coefficient (Wildman–Crippen LogP) is 4.45. The highest BCUT2D eigenvalue weighted by molar-refractivity contribution is 6.42. The molecule has 0 aliphatic heterocycles. The summed E-state index contributed by atoms with van der Waals surface area (Å²) >= 11 is 11.9. The van der Waals surface area contributed by atoms with E-state index < -0.39 is 0 Å². The first-order valence-electron chi connectivity index (χ1n) is 6.88. The second kappa shape index (κ2) is 9.50. The number of hydrogen-bond acceptors (Lipinski definition) is 1. The molecule has 0 radical (unpaired) electrons. The number of nitrogens with one attached hydrogen (secondary N) is 1. The van der Waals surface area contributed by atoms with Gasteiger partial charge in [-0.15, -0.1) is 0 Å². The van der Waals surface area contributed by atoms with Crippen molar-refractivity contribution < 1.29 is 4.79 Å². The zero-order chi connectivity index (χ0) is 15.7. The molecule has 0 fully saturated rings. The zero-order valence-electron chi connectivity index (χ0n) is 12.2. The van der Waals surface area contributed by atoms with Crippen LogP contribution in [0.4, 0.5) is 0 Å². The topological polar surface area (TPSA) is 29.1 Å². The Hall–Kier alpha value is -1.43. The molecule has 0 spiro atoms. The zero-order valence-corrected chi connectivity index (χ0v) is 13.8. The molecule has 0 aromatic heterocycles. The molecule has 0 saturated heterocycles. The van der Waals surface area contributed by atoms with Crippen molar-refractivity contribution in [2.24, 2.45) is 5.92 Å². The van der Waals surface area contributed by atoms with Crippen LogP contribution in [0.5, 0.6) is 0 Å². The molecule has 0 atom stereocenters. The van der Waals surface area contributed by atoms with Crippen LogP contribution in [0.25, 0.3) is 0 Å². The number of halogens is 2. The summed E-state index contributed by atoms with van der Waals surface area (Å²) in [5.41, 5.74) is 0.725. The number of rotatable bonds is 5. The van der Waals surface area contributed by atoms with E-state index in [0.717, 1.165) is 12.0 Å².